The minimum absolute atomic E-state index is 0.141. The minimum Gasteiger partial charge on any atom is -0.338 e. The zero-order valence-electron chi connectivity index (χ0n) is 12.3. The molecule has 1 saturated carbocycles. The first kappa shape index (κ1) is 14.1. The van der Waals surface area contributed by atoms with Crippen LogP contribution in [0.5, 0.6) is 0 Å². The maximum atomic E-state index is 12.1. The van der Waals surface area contributed by atoms with E-state index in [4.69, 9.17) is 0 Å². The summed E-state index contributed by atoms with van der Waals surface area (Å²) in [5.41, 5.74) is 1.92. The maximum Gasteiger partial charge on any atom is 0.227 e. The van der Waals surface area contributed by atoms with E-state index in [1.807, 2.05) is 29.2 Å². The molecular weight excluding hydrogens is 264 g/mol. The highest BCUT2D eigenvalue weighted by molar-refractivity contribution is 5.92. The molecule has 0 aromatic heterocycles. The van der Waals surface area contributed by atoms with Gasteiger partial charge in [0.25, 0.3) is 0 Å². The molecular formula is C17H22N2O2. The van der Waals surface area contributed by atoms with Crippen LogP contribution in [0.15, 0.2) is 24.3 Å². The molecule has 0 spiro atoms. The molecule has 2 amide bonds. The number of carbonyl (C=O) groups is 2. The normalized spacial score (nSPS) is 19.2. The lowest BCUT2D eigenvalue weighted by Gasteiger charge is -2.16. The smallest absolute Gasteiger partial charge is 0.227 e. The second-order valence-corrected chi connectivity index (χ2v) is 6.09. The highest BCUT2D eigenvalue weighted by Gasteiger charge is 2.23. The van der Waals surface area contributed by atoms with E-state index in [0.717, 1.165) is 49.9 Å². The van der Waals surface area contributed by atoms with Crippen LogP contribution in [0, 0.1) is 5.92 Å². The number of benzene rings is 1. The van der Waals surface area contributed by atoms with Gasteiger partial charge in [-0.2, -0.15) is 0 Å². The predicted octanol–water partition coefficient (Wildman–Crippen LogP) is 2.94. The lowest BCUT2D eigenvalue weighted by molar-refractivity contribution is -0.128. The van der Waals surface area contributed by atoms with Crippen LogP contribution in [-0.4, -0.2) is 23.3 Å². The first-order chi connectivity index (χ1) is 10.2. The fraction of sp³-hybridized carbons (Fsp3) is 0.529. The van der Waals surface area contributed by atoms with Crippen molar-refractivity contribution in [1.29, 1.82) is 0 Å². The van der Waals surface area contributed by atoms with E-state index in [1.54, 1.807) is 0 Å². The van der Waals surface area contributed by atoms with Crippen molar-refractivity contribution >= 4 is 17.5 Å². The van der Waals surface area contributed by atoms with Gasteiger partial charge in [0.2, 0.25) is 11.8 Å². The zero-order chi connectivity index (χ0) is 14.7. The summed E-state index contributed by atoms with van der Waals surface area (Å²) in [6, 6.07) is 7.86. The Morgan fingerprint density at radius 3 is 2.76 bits per heavy atom. The van der Waals surface area contributed by atoms with Gasteiger partial charge in [0.1, 0.15) is 0 Å². The van der Waals surface area contributed by atoms with Gasteiger partial charge in [-0.25, -0.2) is 0 Å². The topological polar surface area (TPSA) is 49.4 Å². The number of anilines is 1. The van der Waals surface area contributed by atoms with E-state index in [2.05, 4.69) is 5.32 Å². The van der Waals surface area contributed by atoms with Crippen molar-refractivity contribution in [3.05, 3.63) is 29.8 Å². The van der Waals surface area contributed by atoms with Crippen molar-refractivity contribution in [2.24, 2.45) is 5.92 Å². The number of amides is 2. The van der Waals surface area contributed by atoms with E-state index in [9.17, 15) is 9.59 Å². The molecule has 0 unspecified atom stereocenters. The number of nitrogens with one attached hydrogen (secondary N) is 1. The average Bonchev–Trinajstić information content (AvgIpc) is 3.12. The molecule has 1 N–H and O–H groups in total. The standard InChI is InChI=1S/C17H22N2O2/c20-16-9-4-10-19(16)12-13-5-3-8-15(11-13)18-17(21)14-6-1-2-7-14/h3,5,8,11,14H,1-2,4,6-7,9-10,12H2,(H,18,21). The van der Waals surface area contributed by atoms with Crippen LogP contribution < -0.4 is 5.32 Å². The third kappa shape index (κ3) is 3.43. The van der Waals surface area contributed by atoms with Gasteiger partial charge in [0.05, 0.1) is 0 Å². The third-order valence-electron chi connectivity index (χ3n) is 4.47. The largest absolute Gasteiger partial charge is 0.338 e. The quantitative estimate of drug-likeness (QED) is 0.925. The lowest BCUT2D eigenvalue weighted by Crippen LogP contribution is -2.24. The first-order valence-electron chi connectivity index (χ1n) is 7.90. The SMILES string of the molecule is O=C(Nc1cccc(CN2CCCC2=O)c1)C1CCCC1. The molecule has 4 nitrogen and oxygen atoms in total. The van der Waals surface area contributed by atoms with Crippen molar-refractivity contribution in [2.45, 2.75) is 45.1 Å². The molecule has 1 saturated heterocycles. The van der Waals surface area contributed by atoms with Gasteiger partial charge in [-0.15, -0.1) is 0 Å². The Kier molecular flexibility index (Phi) is 4.23. The monoisotopic (exact) mass is 286 g/mol. The van der Waals surface area contributed by atoms with Gasteiger partial charge >= 0.3 is 0 Å². The number of rotatable bonds is 4. The number of likely N-dealkylation sites (tertiary alicyclic amines) is 1. The van der Waals surface area contributed by atoms with E-state index in [-0.39, 0.29) is 17.7 Å². The maximum absolute atomic E-state index is 12.1. The Morgan fingerprint density at radius 1 is 1.24 bits per heavy atom. The molecule has 1 aromatic rings. The second-order valence-electron chi connectivity index (χ2n) is 6.09. The molecule has 1 aromatic carbocycles. The molecule has 2 fully saturated rings. The van der Waals surface area contributed by atoms with Crippen molar-refractivity contribution in [3.63, 3.8) is 0 Å². The fourth-order valence-corrected chi connectivity index (χ4v) is 3.27. The third-order valence-corrected chi connectivity index (χ3v) is 4.47. The summed E-state index contributed by atoms with van der Waals surface area (Å²) >= 11 is 0. The van der Waals surface area contributed by atoms with Gasteiger partial charge in [0.15, 0.2) is 0 Å². The van der Waals surface area contributed by atoms with Crippen LogP contribution in [0.1, 0.15) is 44.1 Å². The first-order valence-corrected chi connectivity index (χ1v) is 7.90. The van der Waals surface area contributed by atoms with Crippen LogP contribution in [-0.2, 0) is 16.1 Å². The summed E-state index contributed by atoms with van der Waals surface area (Å²) in [5.74, 6) is 0.547. The number of hydrogen-bond donors (Lipinski definition) is 1. The highest BCUT2D eigenvalue weighted by Crippen LogP contribution is 2.26. The molecule has 0 radical (unpaired) electrons. The second kappa shape index (κ2) is 6.29. The number of carbonyl (C=O) groups excluding carboxylic acids is 2. The summed E-state index contributed by atoms with van der Waals surface area (Å²) in [4.78, 5) is 25.7. The Hall–Kier alpha value is -1.84. The molecule has 0 atom stereocenters. The molecule has 1 heterocycles. The minimum atomic E-state index is 0.141. The van der Waals surface area contributed by atoms with Crippen LogP contribution in [0.2, 0.25) is 0 Å². The molecule has 3 rings (SSSR count). The molecule has 0 bridgehead atoms. The van der Waals surface area contributed by atoms with Crippen LogP contribution in [0.25, 0.3) is 0 Å². The Balaban J connectivity index is 1.62. The van der Waals surface area contributed by atoms with Gasteiger partial charge in [-0.1, -0.05) is 25.0 Å². The molecule has 2 aliphatic rings. The molecule has 1 aliphatic heterocycles. The van der Waals surface area contributed by atoms with Crippen LogP contribution in [0.4, 0.5) is 5.69 Å². The van der Waals surface area contributed by atoms with E-state index < -0.39 is 0 Å². The van der Waals surface area contributed by atoms with Crippen molar-refractivity contribution in [2.75, 3.05) is 11.9 Å². The molecule has 4 heteroatoms. The Morgan fingerprint density at radius 2 is 2.05 bits per heavy atom. The molecule has 112 valence electrons. The summed E-state index contributed by atoms with van der Waals surface area (Å²) in [5, 5.41) is 3.02. The van der Waals surface area contributed by atoms with Gasteiger partial charge < -0.3 is 10.2 Å². The molecule has 21 heavy (non-hydrogen) atoms. The number of nitrogens with zero attached hydrogens (tertiary/aromatic N) is 1. The zero-order valence-corrected chi connectivity index (χ0v) is 12.3. The summed E-state index contributed by atoms with van der Waals surface area (Å²) in [7, 11) is 0. The number of hydrogen-bond acceptors (Lipinski definition) is 2. The summed E-state index contributed by atoms with van der Waals surface area (Å²) in [6.45, 7) is 1.49. The van der Waals surface area contributed by atoms with Crippen molar-refractivity contribution in [1.82, 2.24) is 4.90 Å². The van der Waals surface area contributed by atoms with Crippen LogP contribution in [0.3, 0.4) is 0 Å². The Labute approximate surface area is 125 Å². The van der Waals surface area contributed by atoms with Crippen molar-refractivity contribution in [3.8, 4) is 0 Å². The Bertz CT molecular complexity index is 535. The lowest BCUT2D eigenvalue weighted by atomic mass is 10.1. The van der Waals surface area contributed by atoms with Crippen molar-refractivity contribution < 1.29 is 9.59 Å². The fourth-order valence-electron chi connectivity index (χ4n) is 3.27. The van der Waals surface area contributed by atoms with E-state index in [0.29, 0.717) is 13.0 Å². The molecule has 1 aliphatic carbocycles. The average molecular weight is 286 g/mol. The van der Waals surface area contributed by atoms with E-state index >= 15 is 0 Å². The summed E-state index contributed by atoms with van der Waals surface area (Å²) in [6.07, 6.45) is 5.96. The van der Waals surface area contributed by atoms with Gasteiger partial charge in [-0.3, -0.25) is 9.59 Å². The van der Waals surface area contributed by atoms with Crippen LogP contribution >= 0.6 is 0 Å². The predicted molar refractivity (Wildman–Crippen MR) is 81.7 cm³/mol. The highest BCUT2D eigenvalue weighted by atomic mass is 16.2. The van der Waals surface area contributed by atoms with Gasteiger partial charge in [0, 0.05) is 31.1 Å². The van der Waals surface area contributed by atoms with Gasteiger partial charge in [-0.05, 0) is 37.0 Å². The van der Waals surface area contributed by atoms with E-state index in [1.165, 1.54) is 0 Å². The summed E-state index contributed by atoms with van der Waals surface area (Å²) < 4.78 is 0.